The van der Waals surface area contributed by atoms with E-state index in [9.17, 15) is 8.42 Å². The average molecular weight is 164 g/mol. The summed E-state index contributed by atoms with van der Waals surface area (Å²) in [6.07, 6.45) is 2.76. The monoisotopic (exact) mass is 164 g/mol. The average Bonchev–Trinajstić information content (AvgIpc) is 1.81. The van der Waals surface area contributed by atoms with Crippen LogP contribution in [0.4, 0.5) is 0 Å². The fourth-order valence-electron chi connectivity index (χ4n) is 0.948. The molecule has 1 aliphatic heterocycles. The van der Waals surface area contributed by atoms with E-state index in [1.165, 1.54) is 0 Å². The highest BCUT2D eigenvalue weighted by Crippen LogP contribution is 2.05. The Labute approximate surface area is 61.3 Å². The number of rotatable bonds is 0. The van der Waals surface area contributed by atoms with Crippen LogP contribution in [0.3, 0.4) is 0 Å². The minimum atomic E-state index is -2.86. The van der Waals surface area contributed by atoms with Crippen molar-refractivity contribution in [2.24, 2.45) is 0 Å². The summed E-state index contributed by atoms with van der Waals surface area (Å²) in [5.41, 5.74) is 0. The molecule has 0 radical (unpaired) electrons. The lowest BCUT2D eigenvalue weighted by atomic mass is 10.3. The molecule has 0 unspecified atom stereocenters. The van der Waals surface area contributed by atoms with E-state index in [0.717, 1.165) is 19.3 Å². The topological polar surface area (TPSA) is 43.4 Å². The highest BCUT2D eigenvalue weighted by atomic mass is 32.2. The molecule has 0 atom stereocenters. The first kappa shape index (κ1) is 8.01. The van der Waals surface area contributed by atoms with E-state index in [0.29, 0.717) is 12.4 Å². The lowest BCUT2D eigenvalue weighted by Gasteiger charge is -2.09. The van der Waals surface area contributed by atoms with Gasteiger partial charge in [-0.2, -0.15) is 0 Å². The third kappa shape index (κ3) is 2.66. The molecule has 0 aromatic rings. The lowest BCUT2D eigenvalue weighted by Crippen LogP contribution is -2.16. The van der Waals surface area contributed by atoms with Gasteiger partial charge in [-0.05, 0) is 12.8 Å². The van der Waals surface area contributed by atoms with Crippen LogP contribution < -0.4 is 0 Å². The Kier molecular flexibility index (Phi) is 2.68. The van der Waals surface area contributed by atoms with Gasteiger partial charge < -0.3 is 4.74 Å². The third-order valence-corrected chi connectivity index (χ3v) is 2.94. The molecule has 4 heteroatoms. The number of hydrogen-bond acceptors (Lipinski definition) is 3. The van der Waals surface area contributed by atoms with Crippen LogP contribution in [0.25, 0.3) is 0 Å². The second-order valence-electron chi connectivity index (χ2n) is 2.53. The predicted octanol–water partition coefficient (Wildman–Crippen LogP) is 0.559. The fraction of sp³-hybridized carbons (Fsp3) is 1.00. The van der Waals surface area contributed by atoms with Crippen molar-refractivity contribution in [3.8, 4) is 0 Å². The van der Waals surface area contributed by atoms with Gasteiger partial charge in [0.2, 0.25) is 0 Å². The molecular formula is C6H12O3S. The lowest BCUT2D eigenvalue weighted by molar-refractivity contribution is 0.168. The largest absolute Gasteiger partial charge is 0.366 e. The first-order valence-electron chi connectivity index (χ1n) is 3.49. The van der Waals surface area contributed by atoms with E-state index in [1.807, 2.05) is 0 Å². The van der Waals surface area contributed by atoms with Gasteiger partial charge in [0, 0.05) is 6.61 Å². The van der Waals surface area contributed by atoms with Crippen molar-refractivity contribution in [2.45, 2.75) is 19.3 Å². The van der Waals surface area contributed by atoms with E-state index >= 15 is 0 Å². The first-order chi connectivity index (χ1) is 4.71. The summed E-state index contributed by atoms with van der Waals surface area (Å²) >= 11 is 0. The Morgan fingerprint density at radius 3 is 2.70 bits per heavy atom. The molecular weight excluding hydrogens is 152 g/mol. The Morgan fingerprint density at radius 2 is 1.90 bits per heavy atom. The molecule has 1 aliphatic rings. The van der Waals surface area contributed by atoms with Gasteiger partial charge in [0.15, 0.2) is 9.84 Å². The quantitative estimate of drug-likeness (QED) is 0.525. The number of ether oxygens (including phenoxy) is 1. The number of sulfone groups is 1. The summed E-state index contributed by atoms with van der Waals surface area (Å²) in [6.45, 7) is 0.596. The highest BCUT2D eigenvalue weighted by molar-refractivity contribution is 7.91. The van der Waals surface area contributed by atoms with Crippen LogP contribution in [-0.2, 0) is 14.6 Å². The minimum Gasteiger partial charge on any atom is -0.366 e. The molecule has 1 saturated heterocycles. The maximum atomic E-state index is 10.9. The highest BCUT2D eigenvalue weighted by Gasteiger charge is 2.12. The Bertz CT molecular complexity index is 169. The van der Waals surface area contributed by atoms with Crippen LogP contribution in [0.15, 0.2) is 0 Å². The van der Waals surface area contributed by atoms with Gasteiger partial charge in [0.1, 0.15) is 5.94 Å². The summed E-state index contributed by atoms with van der Waals surface area (Å²) in [4.78, 5) is 0. The molecule has 60 valence electrons. The van der Waals surface area contributed by atoms with Crippen molar-refractivity contribution >= 4 is 9.84 Å². The van der Waals surface area contributed by atoms with Gasteiger partial charge in [-0.25, -0.2) is 8.42 Å². The van der Waals surface area contributed by atoms with Gasteiger partial charge >= 0.3 is 0 Å². The van der Waals surface area contributed by atoms with Crippen LogP contribution >= 0.6 is 0 Å². The molecule has 0 amide bonds. The Balaban J connectivity index is 2.46. The molecule has 0 spiro atoms. The first-order valence-corrected chi connectivity index (χ1v) is 5.31. The van der Waals surface area contributed by atoms with Crippen LogP contribution in [0.5, 0.6) is 0 Å². The van der Waals surface area contributed by atoms with E-state index in [4.69, 9.17) is 4.74 Å². The van der Waals surface area contributed by atoms with E-state index in [2.05, 4.69) is 0 Å². The Hall–Kier alpha value is -0.0900. The van der Waals surface area contributed by atoms with Crippen molar-refractivity contribution in [3.05, 3.63) is 0 Å². The fourth-order valence-corrected chi connectivity index (χ4v) is 2.08. The molecule has 0 bridgehead atoms. The predicted molar refractivity (Wildman–Crippen MR) is 38.5 cm³/mol. The van der Waals surface area contributed by atoms with Crippen LogP contribution in [-0.4, -0.2) is 26.7 Å². The molecule has 0 aliphatic carbocycles. The van der Waals surface area contributed by atoms with Crippen molar-refractivity contribution in [1.29, 1.82) is 0 Å². The normalized spacial score (nSPS) is 26.8. The molecule has 1 rings (SSSR count). The summed E-state index contributed by atoms with van der Waals surface area (Å²) in [6, 6.07) is 0. The molecule has 0 aromatic carbocycles. The minimum absolute atomic E-state index is 0.0764. The number of hydrogen-bond donors (Lipinski definition) is 0. The maximum Gasteiger partial charge on any atom is 0.174 e. The summed E-state index contributed by atoms with van der Waals surface area (Å²) in [7, 11) is -2.86. The standard InChI is InChI=1S/C6H12O3S/c7-10(8)5-3-1-2-4-9-6-10/h1-6H2. The zero-order valence-corrected chi connectivity index (χ0v) is 6.69. The van der Waals surface area contributed by atoms with Gasteiger partial charge in [-0.15, -0.1) is 0 Å². The molecule has 10 heavy (non-hydrogen) atoms. The van der Waals surface area contributed by atoms with Crippen molar-refractivity contribution in [3.63, 3.8) is 0 Å². The maximum absolute atomic E-state index is 10.9. The summed E-state index contributed by atoms with van der Waals surface area (Å²) < 4.78 is 26.7. The molecule has 3 nitrogen and oxygen atoms in total. The van der Waals surface area contributed by atoms with Gasteiger partial charge in [-0.3, -0.25) is 0 Å². The summed E-state index contributed by atoms with van der Waals surface area (Å²) in [5, 5.41) is 0. The van der Waals surface area contributed by atoms with Gasteiger partial charge in [-0.1, -0.05) is 6.42 Å². The van der Waals surface area contributed by atoms with Crippen molar-refractivity contribution < 1.29 is 13.2 Å². The zero-order chi connectivity index (χ0) is 7.45. The van der Waals surface area contributed by atoms with Crippen molar-refractivity contribution in [2.75, 3.05) is 18.3 Å². The van der Waals surface area contributed by atoms with E-state index < -0.39 is 9.84 Å². The molecule has 0 saturated carbocycles. The van der Waals surface area contributed by atoms with E-state index in [-0.39, 0.29) is 5.94 Å². The molecule has 1 heterocycles. The second-order valence-corrected chi connectivity index (χ2v) is 4.67. The van der Waals surface area contributed by atoms with Crippen LogP contribution in [0.2, 0.25) is 0 Å². The molecule has 1 fully saturated rings. The zero-order valence-electron chi connectivity index (χ0n) is 5.88. The van der Waals surface area contributed by atoms with Crippen molar-refractivity contribution in [1.82, 2.24) is 0 Å². The van der Waals surface area contributed by atoms with Crippen LogP contribution in [0, 0.1) is 0 Å². The van der Waals surface area contributed by atoms with Gasteiger partial charge in [0.05, 0.1) is 5.75 Å². The summed E-state index contributed by atoms with van der Waals surface area (Å²) in [5.74, 6) is 0.222. The molecule has 0 aromatic heterocycles. The van der Waals surface area contributed by atoms with Crippen LogP contribution in [0.1, 0.15) is 19.3 Å². The molecule has 0 N–H and O–H groups in total. The smallest absolute Gasteiger partial charge is 0.174 e. The SMILES string of the molecule is O=S1(=O)CCCCCOC1. The van der Waals surface area contributed by atoms with E-state index in [1.54, 1.807) is 0 Å². The third-order valence-electron chi connectivity index (χ3n) is 1.51. The second kappa shape index (κ2) is 3.34. The Morgan fingerprint density at radius 1 is 1.10 bits per heavy atom. The van der Waals surface area contributed by atoms with Gasteiger partial charge in [0.25, 0.3) is 0 Å².